The topological polar surface area (TPSA) is 79.2 Å². The van der Waals surface area contributed by atoms with E-state index in [0.717, 1.165) is 42.4 Å². The molecule has 204 valence electrons. The maximum atomic E-state index is 13.0. The minimum absolute atomic E-state index is 0.0499. The Kier molecular flexibility index (Phi) is 14.9. The van der Waals surface area contributed by atoms with Gasteiger partial charge in [0.15, 0.2) is 0 Å². The molecule has 0 saturated heterocycles. The highest BCUT2D eigenvalue weighted by Crippen LogP contribution is 2.44. The summed E-state index contributed by atoms with van der Waals surface area (Å²) in [5, 5.41) is 12.5. The van der Waals surface area contributed by atoms with E-state index in [-0.39, 0.29) is 28.8 Å². The summed E-state index contributed by atoms with van der Waals surface area (Å²) in [5.41, 5.74) is 3.05. The van der Waals surface area contributed by atoms with Crippen molar-refractivity contribution in [3.63, 3.8) is 0 Å². The average Bonchev–Trinajstić information content (AvgIpc) is 2.76. The minimum Gasteiger partial charge on any atom is -0.460 e. The van der Waals surface area contributed by atoms with Gasteiger partial charge in [0.2, 0.25) is 5.91 Å². The molecule has 36 heavy (non-hydrogen) atoms. The summed E-state index contributed by atoms with van der Waals surface area (Å²) >= 11 is 5.92. The zero-order valence-electron chi connectivity index (χ0n) is 24.2. The Morgan fingerprint density at radius 2 is 1.67 bits per heavy atom. The van der Waals surface area contributed by atoms with Crippen molar-refractivity contribution in [3.8, 4) is 0 Å². The molecule has 1 amide bonds. The number of benzene rings is 1. The third-order valence-electron chi connectivity index (χ3n) is 5.83. The normalized spacial score (nSPS) is 14.7. The lowest BCUT2D eigenvalue weighted by molar-refractivity contribution is -0.151. The van der Waals surface area contributed by atoms with Crippen LogP contribution >= 0.6 is 11.6 Å². The smallest absolute Gasteiger partial charge is 0.303 e. The Hall–Kier alpha value is -2.14. The molecule has 0 atom stereocenters. The second-order valence-corrected chi connectivity index (χ2v) is 11.0. The first kappa shape index (κ1) is 33.9. The number of allylic oxidation sites excluding steroid dienone is 1. The monoisotopic (exact) mass is 520 g/mol. The summed E-state index contributed by atoms with van der Waals surface area (Å²) in [4.78, 5) is 23.2. The largest absolute Gasteiger partial charge is 0.460 e. The fourth-order valence-electron chi connectivity index (χ4n) is 4.02. The molecule has 0 aliphatic heterocycles. The van der Waals surface area contributed by atoms with E-state index in [0.29, 0.717) is 17.3 Å². The highest BCUT2D eigenvalue weighted by Gasteiger charge is 2.39. The molecule has 1 saturated carbocycles. The van der Waals surface area contributed by atoms with E-state index in [4.69, 9.17) is 21.7 Å². The highest BCUT2D eigenvalue weighted by atomic mass is 35.5. The number of amides is 1. The van der Waals surface area contributed by atoms with Gasteiger partial charge in [-0.25, -0.2) is 0 Å². The summed E-state index contributed by atoms with van der Waals surface area (Å²) in [7, 11) is 0. The molecule has 0 bridgehead atoms. The van der Waals surface area contributed by atoms with Crippen LogP contribution < -0.4 is 5.32 Å². The van der Waals surface area contributed by atoms with Crippen LogP contribution in [-0.4, -0.2) is 23.2 Å². The number of ether oxygens (including phenoxy) is 1. The number of esters is 1. The summed E-state index contributed by atoms with van der Waals surface area (Å²) in [6.07, 6.45) is 5.01. The van der Waals surface area contributed by atoms with Gasteiger partial charge in [0.05, 0.1) is 0 Å². The van der Waals surface area contributed by atoms with Crippen molar-refractivity contribution in [2.24, 2.45) is 11.3 Å². The molecule has 0 heterocycles. The van der Waals surface area contributed by atoms with Gasteiger partial charge in [-0.05, 0) is 69.2 Å². The summed E-state index contributed by atoms with van der Waals surface area (Å²) < 4.78 is 4.80. The van der Waals surface area contributed by atoms with E-state index in [9.17, 15) is 9.59 Å². The van der Waals surface area contributed by atoms with Gasteiger partial charge >= 0.3 is 5.97 Å². The highest BCUT2D eigenvalue weighted by molar-refractivity contribution is 6.30. The van der Waals surface area contributed by atoms with Gasteiger partial charge in [0.25, 0.3) is 0 Å². The molecule has 2 N–H and O–H groups in total. The van der Waals surface area contributed by atoms with E-state index < -0.39 is 0 Å². The van der Waals surface area contributed by atoms with Crippen LogP contribution in [-0.2, 0) is 20.9 Å². The lowest BCUT2D eigenvalue weighted by Gasteiger charge is -2.40. The Labute approximate surface area is 224 Å². The van der Waals surface area contributed by atoms with Crippen molar-refractivity contribution in [2.45, 2.75) is 113 Å². The molecule has 1 fully saturated rings. The molecular formula is C30H49ClN2O3. The number of carbonyl (C=O) groups is 2. The fourth-order valence-corrected chi connectivity index (χ4v) is 4.15. The Balaban J connectivity index is 0.00000104. The minimum atomic E-state index is -0.328. The van der Waals surface area contributed by atoms with Crippen LogP contribution in [0.25, 0.3) is 0 Å². The van der Waals surface area contributed by atoms with Crippen LogP contribution in [0.5, 0.6) is 0 Å². The molecule has 5 nitrogen and oxygen atoms in total. The Morgan fingerprint density at radius 1 is 1.14 bits per heavy atom. The second kappa shape index (κ2) is 15.9. The first-order chi connectivity index (χ1) is 16.7. The molecular weight excluding hydrogens is 472 g/mol. The molecule has 0 unspecified atom stereocenters. The van der Waals surface area contributed by atoms with Gasteiger partial charge in [-0.2, -0.15) is 0 Å². The van der Waals surface area contributed by atoms with Crippen LogP contribution in [0.3, 0.4) is 0 Å². The van der Waals surface area contributed by atoms with Crippen molar-refractivity contribution < 1.29 is 14.3 Å². The molecule has 1 aromatic carbocycles. The first-order valence-electron chi connectivity index (χ1n) is 13.2. The van der Waals surface area contributed by atoms with Crippen LogP contribution in [0.1, 0.15) is 107 Å². The number of hydrogen-bond acceptors (Lipinski definition) is 4. The van der Waals surface area contributed by atoms with E-state index in [1.54, 1.807) is 0 Å². The van der Waals surface area contributed by atoms with E-state index in [2.05, 4.69) is 19.2 Å². The molecule has 1 aromatic rings. The molecule has 0 aromatic heterocycles. The molecule has 2 rings (SSSR count). The van der Waals surface area contributed by atoms with Gasteiger partial charge in [0.1, 0.15) is 5.60 Å². The van der Waals surface area contributed by atoms with Crippen molar-refractivity contribution in [1.29, 1.82) is 5.41 Å². The number of rotatable bonds is 8. The van der Waals surface area contributed by atoms with Gasteiger partial charge in [-0.15, -0.1) is 0 Å². The lowest BCUT2D eigenvalue weighted by Crippen LogP contribution is -2.38. The first-order valence-corrected chi connectivity index (χ1v) is 13.6. The zero-order valence-corrected chi connectivity index (χ0v) is 25.0. The summed E-state index contributed by atoms with van der Waals surface area (Å²) in [6.45, 7) is 19.8. The third kappa shape index (κ3) is 11.7. The van der Waals surface area contributed by atoms with Crippen LogP contribution in [0.4, 0.5) is 0 Å². The zero-order chi connectivity index (χ0) is 28.1. The van der Waals surface area contributed by atoms with Crippen LogP contribution in [0, 0.1) is 16.7 Å². The molecule has 6 heteroatoms. The SMILES string of the molecule is CC.CC(=O)OC(C)(C)C.CCC/C(C(=N)C1(C)CCC1)=C(\C(=O)NCc1ccc(Cl)cc1)C(C)C. The number of halogens is 1. The van der Waals surface area contributed by atoms with Crippen LogP contribution in [0.15, 0.2) is 35.4 Å². The predicted molar refractivity (Wildman–Crippen MR) is 153 cm³/mol. The summed E-state index contributed by atoms with van der Waals surface area (Å²) in [5.74, 6) is -0.186. The Morgan fingerprint density at radius 3 is 2.00 bits per heavy atom. The van der Waals surface area contributed by atoms with Crippen molar-refractivity contribution in [3.05, 3.63) is 46.0 Å². The van der Waals surface area contributed by atoms with Crippen molar-refractivity contribution >= 4 is 29.2 Å². The van der Waals surface area contributed by atoms with Crippen molar-refractivity contribution in [1.82, 2.24) is 5.32 Å². The van der Waals surface area contributed by atoms with Gasteiger partial charge in [-0.1, -0.05) is 78.1 Å². The van der Waals surface area contributed by atoms with Gasteiger partial charge in [-0.3, -0.25) is 9.59 Å². The number of carbonyl (C=O) groups excluding carboxylic acids is 2. The molecule has 1 aliphatic rings. The average molecular weight is 521 g/mol. The number of nitrogens with one attached hydrogen (secondary N) is 2. The van der Waals surface area contributed by atoms with Crippen LogP contribution in [0.2, 0.25) is 5.02 Å². The predicted octanol–water partition coefficient (Wildman–Crippen LogP) is 8.29. The molecule has 0 spiro atoms. The van der Waals surface area contributed by atoms with E-state index >= 15 is 0 Å². The maximum absolute atomic E-state index is 13.0. The Bertz CT molecular complexity index is 876. The standard InChI is InChI=1S/C22H31ClN2O.C6H12O2.C2H6/c1-5-7-18(20(24)22(4)12-6-13-22)19(15(2)3)21(26)25-14-16-8-10-17(23)11-9-16;1-5(7)8-6(2,3)4;1-2/h8-11,15,24H,5-7,12-14H2,1-4H3,(H,25,26);1-4H3;1-2H3/b19-18+,24-20?;;. The van der Waals surface area contributed by atoms with E-state index in [1.165, 1.54) is 13.3 Å². The number of hydrogen-bond donors (Lipinski definition) is 2. The lowest BCUT2D eigenvalue weighted by atomic mass is 9.64. The quantitative estimate of drug-likeness (QED) is 0.205. The third-order valence-corrected chi connectivity index (χ3v) is 6.08. The van der Waals surface area contributed by atoms with Crippen molar-refractivity contribution in [2.75, 3.05) is 0 Å². The van der Waals surface area contributed by atoms with Gasteiger partial charge in [0, 0.05) is 35.2 Å². The fraction of sp³-hybridized carbons (Fsp3) is 0.633. The summed E-state index contributed by atoms with van der Waals surface area (Å²) in [6, 6.07) is 7.51. The van der Waals surface area contributed by atoms with E-state index in [1.807, 2.05) is 72.7 Å². The molecule has 0 radical (unpaired) electrons. The van der Waals surface area contributed by atoms with Gasteiger partial charge < -0.3 is 15.5 Å². The molecule has 1 aliphatic carbocycles. The maximum Gasteiger partial charge on any atom is 0.303 e. The second-order valence-electron chi connectivity index (χ2n) is 10.6.